The van der Waals surface area contributed by atoms with Gasteiger partial charge in [0.1, 0.15) is 0 Å². The summed E-state index contributed by atoms with van der Waals surface area (Å²) in [5.41, 5.74) is 0.240. The Balaban J connectivity index is 2.08. The van der Waals surface area contributed by atoms with Gasteiger partial charge in [-0.3, -0.25) is 0 Å². The van der Waals surface area contributed by atoms with Crippen LogP contribution >= 0.6 is 0 Å². The summed E-state index contributed by atoms with van der Waals surface area (Å²) in [5, 5.41) is 3.70. The van der Waals surface area contributed by atoms with Crippen LogP contribution in [0.4, 0.5) is 0 Å². The van der Waals surface area contributed by atoms with E-state index in [-0.39, 0.29) is 5.54 Å². The molecule has 0 aromatic rings. The van der Waals surface area contributed by atoms with E-state index in [1.165, 1.54) is 38.6 Å². The molecule has 2 saturated heterocycles. The van der Waals surface area contributed by atoms with Crippen LogP contribution in [0.1, 0.15) is 32.1 Å². The first kappa shape index (κ1) is 11.4. The summed E-state index contributed by atoms with van der Waals surface area (Å²) in [4.78, 5) is 2.53. The Hall–Kier alpha value is -0.120. The number of ether oxygens (including phenoxy) is 1. The van der Waals surface area contributed by atoms with Gasteiger partial charge in [0.15, 0.2) is 0 Å². The first-order valence-electron chi connectivity index (χ1n) is 6.23. The largest absolute Gasteiger partial charge is 0.383 e. The number of rotatable bonds is 3. The summed E-state index contributed by atoms with van der Waals surface area (Å²) in [7, 11) is 4.09. The lowest BCUT2D eigenvalue weighted by Crippen LogP contribution is -2.61. The molecule has 0 spiro atoms. The molecular weight excluding hydrogens is 188 g/mol. The van der Waals surface area contributed by atoms with E-state index in [1.807, 2.05) is 7.11 Å². The Bertz CT molecular complexity index is 202. The fourth-order valence-corrected chi connectivity index (χ4v) is 3.36. The zero-order chi connectivity index (χ0) is 10.7. The van der Waals surface area contributed by atoms with E-state index in [9.17, 15) is 0 Å². The van der Waals surface area contributed by atoms with Gasteiger partial charge >= 0.3 is 0 Å². The Morgan fingerprint density at radius 2 is 2.27 bits per heavy atom. The molecule has 0 amide bonds. The number of likely N-dealkylation sites (N-methyl/N-ethyl adjacent to an activating group) is 1. The topological polar surface area (TPSA) is 24.5 Å². The maximum absolute atomic E-state index is 5.44. The molecule has 0 bridgehead atoms. The summed E-state index contributed by atoms with van der Waals surface area (Å²) < 4.78 is 5.44. The average molecular weight is 212 g/mol. The SMILES string of the molecule is COCC1(C2CCCCN2C)CCCN1. The lowest BCUT2D eigenvalue weighted by molar-refractivity contribution is 0.0324. The second-order valence-electron chi connectivity index (χ2n) is 5.11. The number of nitrogens with zero attached hydrogens (tertiary/aromatic N) is 1. The van der Waals surface area contributed by atoms with Crippen molar-refractivity contribution in [3.05, 3.63) is 0 Å². The highest BCUT2D eigenvalue weighted by atomic mass is 16.5. The van der Waals surface area contributed by atoms with Crippen LogP contribution in [0.2, 0.25) is 0 Å². The third-order valence-electron chi connectivity index (χ3n) is 4.09. The number of nitrogens with one attached hydrogen (secondary N) is 1. The molecule has 0 radical (unpaired) electrons. The molecule has 3 nitrogen and oxygen atoms in total. The molecule has 0 saturated carbocycles. The monoisotopic (exact) mass is 212 g/mol. The van der Waals surface area contributed by atoms with Crippen molar-refractivity contribution >= 4 is 0 Å². The van der Waals surface area contributed by atoms with Crippen molar-refractivity contribution in [1.29, 1.82) is 0 Å². The Morgan fingerprint density at radius 1 is 1.40 bits per heavy atom. The molecule has 0 aliphatic carbocycles. The van der Waals surface area contributed by atoms with Crippen LogP contribution in [0.15, 0.2) is 0 Å². The van der Waals surface area contributed by atoms with E-state index in [0.717, 1.165) is 13.2 Å². The van der Waals surface area contributed by atoms with E-state index in [2.05, 4.69) is 17.3 Å². The van der Waals surface area contributed by atoms with E-state index in [1.54, 1.807) is 0 Å². The van der Waals surface area contributed by atoms with Crippen LogP contribution in [0.25, 0.3) is 0 Å². The zero-order valence-electron chi connectivity index (χ0n) is 10.1. The third kappa shape index (κ3) is 2.19. The summed E-state index contributed by atoms with van der Waals surface area (Å²) in [6.07, 6.45) is 6.63. The molecule has 1 N–H and O–H groups in total. The molecule has 2 aliphatic heterocycles. The highest BCUT2D eigenvalue weighted by Crippen LogP contribution is 2.32. The van der Waals surface area contributed by atoms with Gasteiger partial charge < -0.3 is 15.0 Å². The van der Waals surface area contributed by atoms with Gasteiger partial charge in [-0.05, 0) is 45.8 Å². The maximum Gasteiger partial charge on any atom is 0.0659 e. The fourth-order valence-electron chi connectivity index (χ4n) is 3.36. The lowest BCUT2D eigenvalue weighted by Gasteiger charge is -2.45. The van der Waals surface area contributed by atoms with Gasteiger partial charge in [0.05, 0.1) is 12.1 Å². The lowest BCUT2D eigenvalue weighted by atomic mass is 9.83. The number of hydrogen-bond donors (Lipinski definition) is 1. The number of piperidine rings is 1. The average Bonchev–Trinajstić information content (AvgIpc) is 2.69. The van der Waals surface area contributed by atoms with Gasteiger partial charge in [0.25, 0.3) is 0 Å². The quantitative estimate of drug-likeness (QED) is 0.762. The summed E-state index contributed by atoms with van der Waals surface area (Å²) >= 11 is 0. The van der Waals surface area contributed by atoms with Gasteiger partial charge in [0, 0.05) is 13.2 Å². The highest BCUT2D eigenvalue weighted by molar-refractivity contribution is 5.03. The molecule has 2 heterocycles. The van der Waals surface area contributed by atoms with Gasteiger partial charge in [-0.15, -0.1) is 0 Å². The maximum atomic E-state index is 5.44. The smallest absolute Gasteiger partial charge is 0.0659 e. The molecular formula is C12H24N2O. The molecule has 2 fully saturated rings. The third-order valence-corrected chi connectivity index (χ3v) is 4.09. The normalized spacial score (nSPS) is 38.4. The van der Waals surface area contributed by atoms with Crippen LogP contribution in [0.3, 0.4) is 0 Å². The van der Waals surface area contributed by atoms with Gasteiger partial charge in [-0.2, -0.15) is 0 Å². The highest BCUT2D eigenvalue weighted by Gasteiger charge is 2.43. The van der Waals surface area contributed by atoms with Crippen LogP contribution in [0, 0.1) is 0 Å². The minimum atomic E-state index is 0.240. The van der Waals surface area contributed by atoms with Crippen LogP contribution in [-0.4, -0.2) is 50.3 Å². The van der Waals surface area contributed by atoms with E-state index < -0.39 is 0 Å². The van der Waals surface area contributed by atoms with Crippen molar-refractivity contribution in [2.24, 2.45) is 0 Å². The molecule has 0 aromatic heterocycles. The van der Waals surface area contributed by atoms with Crippen molar-refractivity contribution < 1.29 is 4.74 Å². The first-order chi connectivity index (χ1) is 7.28. The van der Waals surface area contributed by atoms with Crippen molar-refractivity contribution in [2.75, 3.05) is 33.9 Å². The zero-order valence-corrected chi connectivity index (χ0v) is 10.1. The Morgan fingerprint density at radius 3 is 2.87 bits per heavy atom. The number of methoxy groups -OCH3 is 1. The molecule has 2 rings (SSSR count). The van der Waals surface area contributed by atoms with Crippen molar-refractivity contribution in [1.82, 2.24) is 10.2 Å². The summed E-state index contributed by atoms with van der Waals surface area (Å²) in [6.45, 7) is 3.27. The van der Waals surface area contributed by atoms with E-state index in [4.69, 9.17) is 4.74 Å². The van der Waals surface area contributed by atoms with Crippen LogP contribution in [-0.2, 0) is 4.74 Å². The second kappa shape index (κ2) is 4.81. The Kier molecular flexibility index (Phi) is 3.65. The first-order valence-corrected chi connectivity index (χ1v) is 6.23. The van der Waals surface area contributed by atoms with Crippen LogP contribution in [0.5, 0.6) is 0 Å². The molecule has 15 heavy (non-hydrogen) atoms. The standard InChI is InChI=1S/C12H24N2O/c1-14-9-4-3-6-11(14)12(10-15-2)7-5-8-13-12/h11,13H,3-10H2,1-2H3. The predicted octanol–water partition coefficient (Wildman–Crippen LogP) is 1.24. The minimum absolute atomic E-state index is 0.240. The van der Waals surface area contributed by atoms with Crippen molar-refractivity contribution in [3.63, 3.8) is 0 Å². The summed E-state index contributed by atoms with van der Waals surface area (Å²) in [6, 6.07) is 0.675. The predicted molar refractivity (Wildman–Crippen MR) is 62.1 cm³/mol. The van der Waals surface area contributed by atoms with Gasteiger partial charge in [-0.25, -0.2) is 0 Å². The number of hydrogen-bond acceptors (Lipinski definition) is 3. The molecule has 0 aromatic carbocycles. The molecule has 88 valence electrons. The molecule has 3 heteroatoms. The summed E-state index contributed by atoms with van der Waals surface area (Å²) in [5.74, 6) is 0. The van der Waals surface area contributed by atoms with Gasteiger partial charge in [0.2, 0.25) is 0 Å². The Labute approximate surface area is 93.2 Å². The van der Waals surface area contributed by atoms with Crippen molar-refractivity contribution in [2.45, 2.75) is 43.7 Å². The number of likely N-dealkylation sites (tertiary alicyclic amines) is 1. The van der Waals surface area contributed by atoms with E-state index >= 15 is 0 Å². The fraction of sp³-hybridized carbons (Fsp3) is 1.00. The van der Waals surface area contributed by atoms with Crippen LogP contribution < -0.4 is 5.32 Å². The minimum Gasteiger partial charge on any atom is -0.383 e. The van der Waals surface area contributed by atoms with E-state index in [0.29, 0.717) is 6.04 Å². The van der Waals surface area contributed by atoms with Gasteiger partial charge in [-0.1, -0.05) is 6.42 Å². The second-order valence-corrected chi connectivity index (χ2v) is 5.11. The van der Waals surface area contributed by atoms with Crippen molar-refractivity contribution in [3.8, 4) is 0 Å². The molecule has 2 aliphatic rings. The molecule has 2 atom stereocenters. The molecule has 2 unspecified atom stereocenters.